The Morgan fingerprint density at radius 3 is 2.38 bits per heavy atom. The molecule has 0 atom stereocenters. The van der Waals surface area contributed by atoms with E-state index < -0.39 is 0 Å². The van der Waals surface area contributed by atoms with E-state index in [4.69, 9.17) is 15.2 Å². The number of methoxy groups -OCH3 is 2. The Morgan fingerprint density at radius 1 is 1.19 bits per heavy atom. The van der Waals surface area contributed by atoms with E-state index in [0.29, 0.717) is 18.0 Å². The van der Waals surface area contributed by atoms with Gasteiger partial charge in [-0.25, -0.2) is 4.98 Å². The summed E-state index contributed by atoms with van der Waals surface area (Å²) in [5.74, 6) is 2.28. The minimum atomic E-state index is -0.186. The summed E-state index contributed by atoms with van der Waals surface area (Å²) in [6.45, 7) is 4.72. The maximum atomic E-state index is 5.88. The number of ether oxygens (including phenoxy) is 2. The minimum Gasteiger partial charge on any atom is -0.493 e. The van der Waals surface area contributed by atoms with Gasteiger partial charge in [-0.1, -0.05) is 0 Å². The second-order valence-electron chi connectivity index (χ2n) is 5.64. The van der Waals surface area contributed by atoms with Crippen LogP contribution in [-0.4, -0.2) is 38.3 Å². The normalized spacial score (nSPS) is 11.5. The first kappa shape index (κ1) is 15.4. The van der Waals surface area contributed by atoms with Crippen molar-refractivity contribution < 1.29 is 9.47 Å². The highest BCUT2D eigenvalue weighted by atomic mass is 16.5. The number of fused-ring (bicyclic) bond motifs is 1. The summed E-state index contributed by atoms with van der Waals surface area (Å²) >= 11 is 0. The molecule has 0 bridgehead atoms. The third-order valence-corrected chi connectivity index (χ3v) is 3.97. The highest BCUT2D eigenvalue weighted by Gasteiger charge is 2.24. The molecule has 21 heavy (non-hydrogen) atoms. The zero-order valence-corrected chi connectivity index (χ0v) is 13.3. The largest absolute Gasteiger partial charge is 0.493 e. The number of benzene rings is 1. The quantitative estimate of drug-likeness (QED) is 0.916. The molecule has 114 valence electrons. The fourth-order valence-corrected chi connectivity index (χ4v) is 2.17. The van der Waals surface area contributed by atoms with E-state index in [1.165, 1.54) is 0 Å². The average Bonchev–Trinajstić information content (AvgIpc) is 2.51. The van der Waals surface area contributed by atoms with Crippen molar-refractivity contribution >= 4 is 16.6 Å². The predicted molar refractivity (Wildman–Crippen MR) is 86.4 cm³/mol. The van der Waals surface area contributed by atoms with Crippen LogP contribution in [0.25, 0.3) is 10.8 Å². The second kappa shape index (κ2) is 5.77. The standard InChI is InChI=1S/C16H23N3O2/c1-16(2,10-17)19(3)15-12-9-14(21-5)13(20-4)8-11(12)6-7-18-15/h6-9H,10,17H2,1-5H3. The summed E-state index contributed by atoms with van der Waals surface area (Å²) in [5, 5.41) is 2.07. The van der Waals surface area contributed by atoms with E-state index in [9.17, 15) is 0 Å². The van der Waals surface area contributed by atoms with Gasteiger partial charge < -0.3 is 20.1 Å². The van der Waals surface area contributed by atoms with Crippen LogP contribution in [0.2, 0.25) is 0 Å². The van der Waals surface area contributed by atoms with Crippen LogP contribution in [0.4, 0.5) is 5.82 Å². The van der Waals surface area contributed by atoms with Gasteiger partial charge in [-0.2, -0.15) is 0 Å². The topological polar surface area (TPSA) is 60.6 Å². The maximum absolute atomic E-state index is 5.88. The SMILES string of the molecule is COc1cc2ccnc(N(C)C(C)(C)CN)c2cc1OC. The first-order valence-corrected chi connectivity index (χ1v) is 6.89. The van der Waals surface area contributed by atoms with Crippen LogP contribution in [0.1, 0.15) is 13.8 Å². The summed E-state index contributed by atoms with van der Waals surface area (Å²) < 4.78 is 10.7. The molecule has 1 heterocycles. The summed E-state index contributed by atoms with van der Waals surface area (Å²) in [4.78, 5) is 6.62. The van der Waals surface area contributed by atoms with E-state index in [-0.39, 0.29) is 5.54 Å². The van der Waals surface area contributed by atoms with Crippen molar-refractivity contribution in [2.24, 2.45) is 5.73 Å². The van der Waals surface area contributed by atoms with Crippen LogP contribution in [0.15, 0.2) is 24.4 Å². The molecule has 0 aliphatic carbocycles. The van der Waals surface area contributed by atoms with Crippen molar-refractivity contribution in [3.05, 3.63) is 24.4 Å². The van der Waals surface area contributed by atoms with Crippen molar-refractivity contribution in [1.82, 2.24) is 4.98 Å². The van der Waals surface area contributed by atoms with E-state index in [2.05, 4.69) is 23.7 Å². The van der Waals surface area contributed by atoms with Crippen LogP contribution >= 0.6 is 0 Å². The second-order valence-corrected chi connectivity index (χ2v) is 5.64. The Hall–Kier alpha value is -2.01. The first-order chi connectivity index (χ1) is 9.94. The van der Waals surface area contributed by atoms with Gasteiger partial charge in [0.2, 0.25) is 0 Å². The lowest BCUT2D eigenvalue weighted by Crippen LogP contribution is -2.47. The molecule has 0 fully saturated rings. The summed E-state index contributed by atoms with van der Waals surface area (Å²) in [5.41, 5.74) is 5.69. The minimum absolute atomic E-state index is 0.186. The lowest BCUT2D eigenvalue weighted by atomic mass is 10.0. The third kappa shape index (κ3) is 2.74. The van der Waals surface area contributed by atoms with Gasteiger partial charge in [0.1, 0.15) is 5.82 Å². The van der Waals surface area contributed by atoms with Crippen LogP contribution in [-0.2, 0) is 0 Å². The number of hydrogen-bond donors (Lipinski definition) is 1. The fourth-order valence-electron chi connectivity index (χ4n) is 2.17. The number of rotatable bonds is 5. The number of hydrogen-bond acceptors (Lipinski definition) is 5. The smallest absolute Gasteiger partial charge is 0.161 e. The van der Waals surface area contributed by atoms with Crippen molar-refractivity contribution in [2.75, 3.05) is 32.7 Å². The molecular weight excluding hydrogens is 266 g/mol. The molecule has 0 unspecified atom stereocenters. The fraction of sp³-hybridized carbons (Fsp3) is 0.438. The number of anilines is 1. The average molecular weight is 289 g/mol. The van der Waals surface area contributed by atoms with Gasteiger partial charge in [0.15, 0.2) is 11.5 Å². The van der Waals surface area contributed by atoms with Gasteiger partial charge >= 0.3 is 0 Å². The molecule has 5 heteroatoms. The Bertz CT molecular complexity index is 641. The van der Waals surface area contributed by atoms with E-state index >= 15 is 0 Å². The molecule has 2 N–H and O–H groups in total. The van der Waals surface area contributed by atoms with Crippen molar-refractivity contribution in [3.63, 3.8) is 0 Å². The van der Waals surface area contributed by atoms with Gasteiger partial charge in [0.05, 0.1) is 14.2 Å². The highest BCUT2D eigenvalue weighted by Crippen LogP contribution is 2.36. The molecule has 0 spiro atoms. The van der Waals surface area contributed by atoms with Gasteiger partial charge in [0.25, 0.3) is 0 Å². The van der Waals surface area contributed by atoms with Gasteiger partial charge in [-0.15, -0.1) is 0 Å². The molecule has 0 aliphatic rings. The maximum Gasteiger partial charge on any atom is 0.161 e. The number of pyridine rings is 1. The van der Waals surface area contributed by atoms with Crippen molar-refractivity contribution in [3.8, 4) is 11.5 Å². The Kier molecular flexibility index (Phi) is 4.23. The number of likely N-dealkylation sites (N-methyl/N-ethyl adjacent to an activating group) is 1. The molecule has 0 amide bonds. The molecule has 0 radical (unpaired) electrons. The molecule has 5 nitrogen and oxygen atoms in total. The summed E-state index contributed by atoms with van der Waals surface area (Å²) in [6.07, 6.45) is 1.80. The van der Waals surface area contributed by atoms with E-state index in [1.807, 2.05) is 25.2 Å². The van der Waals surface area contributed by atoms with Crippen molar-refractivity contribution in [1.29, 1.82) is 0 Å². The van der Waals surface area contributed by atoms with Gasteiger partial charge in [0, 0.05) is 30.7 Å². The molecule has 1 aromatic heterocycles. The van der Waals surface area contributed by atoms with Gasteiger partial charge in [-0.3, -0.25) is 0 Å². The van der Waals surface area contributed by atoms with Gasteiger partial charge in [-0.05, 0) is 37.4 Å². The zero-order chi connectivity index (χ0) is 15.6. The highest BCUT2D eigenvalue weighted by molar-refractivity contribution is 5.94. The lowest BCUT2D eigenvalue weighted by molar-refractivity contribution is 0.356. The zero-order valence-electron chi connectivity index (χ0n) is 13.3. The number of aromatic nitrogens is 1. The molecule has 1 aromatic carbocycles. The van der Waals surface area contributed by atoms with E-state index in [0.717, 1.165) is 16.6 Å². The molecule has 0 saturated heterocycles. The Balaban J connectivity index is 2.65. The molecule has 0 saturated carbocycles. The first-order valence-electron chi connectivity index (χ1n) is 6.89. The Labute approximate surface area is 125 Å². The summed E-state index contributed by atoms with van der Waals surface area (Å²) in [6, 6.07) is 5.88. The molecule has 2 aromatic rings. The van der Waals surface area contributed by atoms with Crippen LogP contribution in [0.5, 0.6) is 11.5 Å². The third-order valence-electron chi connectivity index (χ3n) is 3.97. The number of nitrogens with zero attached hydrogens (tertiary/aromatic N) is 2. The van der Waals surface area contributed by atoms with Crippen LogP contribution in [0.3, 0.4) is 0 Å². The lowest BCUT2D eigenvalue weighted by Gasteiger charge is -2.36. The molecule has 0 aliphatic heterocycles. The Morgan fingerprint density at radius 2 is 1.81 bits per heavy atom. The number of nitrogens with two attached hydrogens (primary N) is 1. The van der Waals surface area contributed by atoms with Crippen LogP contribution in [0, 0.1) is 0 Å². The monoisotopic (exact) mass is 289 g/mol. The summed E-state index contributed by atoms with van der Waals surface area (Å²) in [7, 11) is 5.27. The molecular formula is C16H23N3O2. The van der Waals surface area contributed by atoms with E-state index in [1.54, 1.807) is 20.4 Å². The van der Waals surface area contributed by atoms with Crippen LogP contribution < -0.4 is 20.1 Å². The van der Waals surface area contributed by atoms with Crippen molar-refractivity contribution in [2.45, 2.75) is 19.4 Å². The molecule has 2 rings (SSSR count). The predicted octanol–water partition coefficient (Wildman–Crippen LogP) is 2.43.